The first-order valence-corrected chi connectivity index (χ1v) is 8.52. The first-order chi connectivity index (χ1) is 12.2. The number of carbonyl (C=O) groups excluding carboxylic acids is 1. The van der Waals surface area contributed by atoms with Crippen LogP contribution in [0.3, 0.4) is 0 Å². The Labute approximate surface area is 151 Å². The van der Waals surface area contributed by atoms with E-state index in [9.17, 15) is 4.79 Å². The van der Waals surface area contributed by atoms with Crippen LogP contribution in [0.15, 0.2) is 90.6 Å². The van der Waals surface area contributed by atoms with E-state index >= 15 is 0 Å². The Kier molecular flexibility index (Phi) is 4.12. The van der Waals surface area contributed by atoms with Crippen molar-refractivity contribution in [3.8, 4) is 0 Å². The second-order valence-electron chi connectivity index (χ2n) is 6.01. The van der Waals surface area contributed by atoms with Crippen molar-refractivity contribution in [2.45, 2.75) is 5.92 Å². The summed E-state index contributed by atoms with van der Waals surface area (Å²) in [4.78, 5) is 12.9. The van der Waals surface area contributed by atoms with Gasteiger partial charge in [0, 0.05) is 34.0 Å². The van der Waals surface area contributed by atoms with Gasteiger partial charge in [-0.25, -0.2) is 0 Å². The van der Waals surface area contributed by atoms with Crippen LogP contribution < -0.4 is 5.32 Å². The van der Waals surface area contributed by atoms with E-state index in [-0.39, 0.29) is 11.7 Å². The van der Waals surface area contributed by atoms with Gasteiger partial charge in [-0.05, 0) is 35.4 Å². The molecule has 0 bridgehead atoms. The predicted octanol–water partition coefficient (Wildman–Crippen LogP) is 5.66. The molecule has 122 valence electrons. The number of allylic oxidation sites excluding steroid dienone is 1. The number of carbonyl (C=O) groups is 1. The van der Waals surface area contributed by atoms with Gasteiger partial charge in [0.15, 0.2) is 5.78 Å². The van der Waals surface area contributed by atoms with Gasteiger partial charge >= 0.3 is 0 Å². The summed E-state index contributed by atoms with van der Waals surface area (Å²) in [6, 6.07) is 25.4. The summed E-state index contributed by atoms with van der Waals surface area (Å²) in [5.74, 6) is 0.0237. The van der Waals surface area contributed by atoms with Crippen LogP contribution >= 0.6 is 11.6 Å². The van der Waals surface area contributed by atoms with Gasteiger partial charge in [-0.15, -0.1) is 0 Å². The van der Waals surface area contributed by atoms with E-state index in [1.807, 2.05) is 72.9 Å². The molecule has 0 radical (unpaired) electrons. The van der Waals surface area contributed by atoms with Gasteiger partial charge in [0.05, 0.1) is 0 Å². The van der Waals surface area contributed by atoms with Crippen LogP contribution in [-0.4, -0.2) is 5.78 Å². The van der Waals surface area contributed by atoms with Crippen LogP contribution in [0.1, 0.15) is 27.4 Å². The van der Waals surface area contributed by atoms with Crippen LogP contribution in [0.25, 0.3) is 0 Å². The number of nitrogens with one attached hydrogen (secondary N) is 1. The fourth-order valence-corrected chi connectivity index (χ4v) is 3.40. The van der Waals surface area contributed by atoms with E-state index in [0.717, 1.165) is 28.0 Å². The lowest BCUT2D eigenvalue weighted by Crippen LogP contribution is -2.05. The number of anilines is 1. The topological polar surface area (TPSA) is 29.1 Å². The van der Waals surface area contributed by atoms with Crippen molar-refractivity contribution in [1.29, 1.82) is 0 Å². The molecule has 0 aromatic heterocycles. The third-order valence-corrected chi connectivity index (χ3v) is 4.71. The fourth-order valence-electron chi connectivity index (χ4n) is 3.27. The SMILES string of the molecule is O=C1C(=CNc2ccc(Cl)cc2)[C@@H](c2ccccc2)c2ccccc21. The highest BCUT2D eigenvalue weighted by atomic mass is 35.5. The third-order valence-electron chi connectivity index (χ3n) is 4.46. The molecule has 0 aliphatic heterocycles. The predicted molar refractivity (Wildman–Crippen MR) is 102 cm³/mol. The number of rotatable bonds is 3. The summed E-state index contributed by atoms with van der Waals surface area (Å²) >= 11 is 5.93. The Morgan fingerprint density at radius 2 is 1.52 bits per heavy atom. The first kappa shape index (κ1) is 15.7. The third kappa shape index (κ3) is 2.97. The van der Waals surface area contributed by atoms with Crippen LogP contribution in [0, 0.1) is 0 Å². The molecular formula is C22H16ClNO. The molecule has 4 rings (SSSR count). The van der Waals surface area contributed by atoms with E-state index in [4.69, 9.17) is 11.6 Å². The maximum Gasteiger partial charge on any atom is 0.191 e. The summed E-state index contributed by atoms with van der Waals surface area (Å²) in [7, 11) is 0. The molecule has 3 aromatic rings. The van der Waals surface area contributed by atoms with Crippen molar-refractivity contribution in [3.05, 3.63) is 112 Å². The van der Waals surface area contributed by atoms with Gasteiger partial charge in [0.1, 0.15) is 0 Å². The highest BCUT2D eigenvalue weighted by molar-refractivity contribution is 6.30. The lowest BCUT2D eigenvalue weighted by Gasteiger charge is -2.14. The number of fused-ring (bicyclic) bond motifs is 1. The average Bonchev–Trinajstić information content (AvgIpc) is 2.94. The lowest BCUT2D eigenvalue weighted by atomic mass is 9.90. The summed E-state index contributed by atoms with van der Waals surface area (Å²) in [6.07, 6.45) is 1.82. The monoisotopic (exact) mass is 345 g/mol. The van der Waals surface area contributed by atoms with Gasteiger partial charge in [-0.1, -0.05) is 66.2 Å². The van der Waals surface area contributed by atoms with Gasteiger partial charge in [0.2, 0.25) is 0 Å². The second kappa shape index (κ2) is 6.58. The number of hydrogen-bond donors (Lipinski definition) is 1. The molecule has 0 unspecified atom stereocenters. The quantitative estimate of drug-likeness (QED) is 0.620. The summed E-state index contributed by atoms with van der Waals surface area (Å²) in [6.45, 7) is 0. The molecule has 0 heterocycles. The van der Waals surface area contributed by atoms with E-state index < -0.39 is 0 Å². The Bertz CT molecular complexity index is 945. The molecule has 0 saturated heterocycles. The minimum absolute atomic E-state index is 0.0512. The number of halogens is 1. The first-order valence-electron chi connectivity index (χ1n) is 8.15. The van der Waals surface area contributed by atoms with Crippen LogP contribution in [0.4, 0.5) is 5.69 Å². The molecule has 1 atom stereocenters. The molecule has 0 saturated carbocycles. The van der Waals surface area contributed by atoms with E-state index in [0.29, 0.717) is 5.02 Å². The average molecular weight is 346 g/mol. The van der Waals surface area contributed by atoms with Crippen molar-refractivity contribution < 1.29 is 4.79 Å². The maximum absolute atomic E-state index is 12.9. The van der Waals surface area contributed by atoms with E-state index in [2.05, 4.69) is 17.4 Å². The van der Waals surface area contributed by atoms with Gasteiger partial charge in [-0.3, -0.25) is 4.79 Å². The summed E-state index contributed by atoms with van der Waals surface area (Å²) in [5, 5.41) is 3.92. The Morgan fingerprint density at radius 1 is 0.840 bits per heavy atom. The molecule has 0 spiro atoms. The minimum atomic E-state index is -0.0512. The molecule has 1 N–H and O–H groups in total. The Balaban J connectivity index is 1.76. The standard InChI is InChI=1S/C22H16ClNO/c23-16-10-12-17(13-11-16)24-14-20-21(15-6-2-1-3-7-15)18-8-4-5-9-19(18)22(20)25/h1-14,21,24H/t21-/m0/s1. The molecule has 1 aliphatic carbocycles. The molecule has 0 amide bonds. The minimum Gasteiger partial charge on any atom is -0.361 e. The molecule has 0 fully saturated rings. The lowest BCUT2D eigenvalue weighted by molar-refractivity contribution is 0.103. The van der Waals surface area contributed by atoms with Crippen molar-refractivity contribution in [1.82, 2.24) is 0 Å². The van der Waals surface area contributed by atoms with E-state index in [1.165, 1.54) is 0 Å². The fraction of sp³-hybridized carbons (Fsp3) is 0.0455. The largest absolute Gasteiger partial charge is 0.361 e. The zero-order chi connectivity index (χ0) is 17.2. The molecule has 3 aromatic carbocycles. The molecule has 3 heteroatoms. The van der Waals surface area contributed by atoms with E-state index in [1.54, 1.807) is 0 Å². The van der Waals surface area contributed by atoms with Crippen molar-refractivity contribution in [2.24, 2.45) is 0 Å². The molecule has 25 heavy (non-hydrogen) atoms. The zero-order valence-electron chi connectivity index (χ0n) is 13.4. The van der Waals surface area contributed by atoms with Crippen LogP contribution in [0.5, 0.6) is 0 Å². The molecular weight excluding hydrogens is 330 g/mol. The van der Waals surface area contributed by atoms with Gasteiger partial charge < -0.3 is 5.32 Å². The zero-order valence-corrected chi connectivity index (χ0v) is 14.2. The number of benzene rings is 3. The van der Waals surface area contributed by atoms with Crippen LogP contribution in [-0.2, 0) is 0 Å². The van der Waals surface area contributed by atoms with Gasteiger partial charge in [0.25, 0.3) is 0 Å². The number of Topliss-reactive ketones (excluding diaryl/α,β-unsaturated/α-hetero) is 1. The summed E-state index contributed by atoms with van der Waals surface area (Å²) in [5.41, 5.74) is 4.60. The normalized spacial score (nSPS) is 17.6. The van der Waals surface area contributed by atoms with Crippen LogP contribution in [0.2, 0.25) is 5.02 Å². The molecule has 1 aliphatic rings. The number of ketones is 1. The van der Waals surface area contributed by atoms with Crippen molar-refractivity contribution in [3.63, 3.8) is 0 Å². The molecule has 2 nitrogen and oxygen atoms in total. The highest BCUT2D eigenvalue weighted by Crippen LogP contribution is 2.41. The van der Waals surface area contributed by atoms with Gasteiger partial charge in [-0.2, -0.15) is 0 Å². The Hall–Kier alpha value is -2.84. The van der Waals surface area contributed by atoms with Crippen molar-refractivity contribution in [2.75, 3.05) is 5.32 Å². The van der Waals surface area contributed by atoms with Crippen molar-refractivity contribution >= 4 is 23.1 Å². The smallest absolute Gasteiger partial charge is 0.191 e. The Morgan fingerprint density at radius 3 is 2.28 bits per heavy atom. The maximum atomic E-state index is 12.9. The summed E-state index contributed by atoms with van der Waals surface area (Å²) < 4.78 is 0. The second-order valence-corrected chi connectivity index (χ2v) is 6.45. The number of hydrogen-bond acceptors (Lipinski definition) is 2. The highest BCUT2D eigenvalue weighted by Gasteiger charge is 2.35.